The fourth-order valence-electron chi connectivity index (χ4n) is 2.10. The molecule has 9 nitrogen and oxygen atoms in total. The van der Waals surface area contributed by atoms with Crippen LogP contribution in [-0.2, 0) is 6.54 Å². The van der Waals surface area contributed by atoms with Crippen molar-refractivity contribution in [1.29, 1.82) is 5.26 Å². The van der Waals surface area contributed by atoms with Gasteiger partial charge in [-0.1, -0.05) is 5.16 Å². The standard InChI is InChI=1S/C15H8FN5O4/c16-11-3-1-9(2-4-11)14-18-13(25-19-14)8-20-7-12(21(23)24)5-10(6-17)15(20)22/h1-5,7H,8H2. The van der Waals surface area contributed by atoms with Gasteiger partial charge in [-0.25, -0.2) is 4.39 Å². The van der Waals surface area contributed by atoms with Crippen LogP contribution in [0.2, 0.25) is 0 Å². The molecule has 2 heterocycles. The molecule has 0 spiro atoms. The Hall–Kier alpha value is -3.87. The largest absolute Gasteiger partial charge is 0.337 e. The van der Waals surface area contributed by atoms with Crippen molar-refractivity contribution in [3.8, 4) is 17.5 Å². The van der Waals surface area contributed by atoms with Crippen LogP contribution in [0, 0.1) is 27.3 Å². The van der Waals surface area contributed by atoms with Gasteiger partial charge in [-0.3, -0.25) is 19.5 Å². The van der Waals surface area contributed by atoms with Crippen molar-refractivity contribution in [3.05, 3.63) is 74.3 Å². The molecule has 0 unspecified atom stereocenters. The molecule has 10 heteroatoms. The van der Waals surface area contributed by atoms with Crippen molar-refractivity contribution >= 4 is 5.69 Å². The van der Waals surface area contributed by atoms with E-state index >= 15 is 0 Å². The van der Waals surface area contributed by atoms with Crippen LogP contribution in [0.25, 0.3) is 11.4 Å². The molecular weight excluding hydrogens is 333 g/mol. The van der Waals surface area contributed by atoms with Gasteiger partial charge < -0.3 is 4.52 Å². The molecule has 1 aromatic carbocycles. The second-order valence-corrected chi connectivity index (χ2v) is 4.93. The summed E-state index contributed by atoms with van der Waals surface area (Å²) in [5.41, 5.74) is -0.989. The fourth-order valence-corrected chi connectivity index (χ4v) is 2.10. The Morgan fingerprint density at radius 3 is 2.72 bits per heavy atom. The van der Waals surface area contributed by atoms with Crippen LogP contribution in [0.3, 0.4) is 0 Å². The normalized spacial score (nSPS) is 10.4. The summed E-state index contributed by atoms with van der Waals surface area (Å²) >= 11 is 0. The van der Waals surface area contributed by atoms with Crippen molar-refractivity contribution in [2.24, 2.45) is 0 Å². The van der Waals surface area contributed by atoms with Crippen LogP contribution in [-0.4, -0.2) is 19.6 Å². The number of nitrogens with zero attached hydrogens (tertiary/aromatic N) is 5. The van der Waals surface area contributed by atoms with Gasteiger partial charge in [-0.2, -0.15) is 10.2 Å². The Kier molecular flexibility index (Phi) is 4.05. The van der Waals surface area contributed by atoms with E-state index in [0.29, 0.717) is 5.56 Å². The van der Waals surface area contributed by atoms with Crippen molar-refractivity contribution in [2.45, 2.75) is 6.54 Å². The molecule has 124 valence electrons. The average Bonchev–Trinajstić information content (AvgIpc) is 3.05. The first-order valence-corrected chi connectivity index (χ1v) is 6.85. The second-order valence-electron chi connectivity index (χ2n) is 4.93. The van der Waals surface area contributed by atoms with Gasteiger partial charge in [-0.15, -0.1) is 0 Å². The van der Waals surface area contributed by atoms with Crippen LogP contribution < -0.4 is 5.56 Å². The first-order valence-electron chi connectivity index (χ1n) is 6.85. The molecular formula is C15H8FN5O4. The lowest BCUT2D eigenvalue weighted by Crippen LogP contribution is -2.23. The van der Waals surface area contributed by atoms with Crippen molar-refractivity contribution in [2.75, 3.05) is 0 Å². The summed E-state index contributed by atoms with van der Waals surface area (Å²) in [6.45, 7) is -0.247. The summed E-state index contributed by atoms with van der Waals surface area (Å²) in [5, 5.41) is 23.5. The zero-order valence-electron chi connectivity index (χ0n) is 12.4. The topological polar surface area (TPSA) is 128 Å². The van der Waals surface area contributed by atoms with E-state index in [1.807, 2.05) is 0 Å². The van der Waals surface area contributed by atoms with Gasteiger partial charge in [0.15, 0.2) is 0 Å². The summed E-state index contributed by atoms with van der Waals surface area (Å²) in [4.78, 5) is 26.3. The van der Waals surface area contributed by atoms with Gasteiger partial charge in [0.1, 0.15) is 24.0 Å². The summed E-state index contributed by atoms with van der Waals surface area (Å²) in [7, 11) is 0. The molecule has 0 aliphatic carbocycles. The molecule has 3 aromatic rings. The third-order valence-corrected chi connectivity index (χ3v) is 3.28. The summed E-state index contributed by atoms with van der Waals surface area (Å²) in [5.74, 6) is -0.237. The third-order valence-electron chi connectivity index (χ3n) is 3.28. The molecule has 0 N–H and O–H groups in total. The van der Waals surface area contributed by atoms with E-state index in [4.69, 9.17) is 9.78 Å². The summed E-state index contributed by atoms with van der Waals surface area (Å²) in [6.07, 6.45) is 0.991. The molecule has 0 amide bonds. The van der Waals surface area contributed by atoms with Crippen molar-refractivity contribution < 1.29 is 13.8 Å². The van der Waals surface area contributed by atoms with Gasteiger partial charge in [0.2, 0.25) is 11.7 Å². The van der Waals surface area contributed by atoms with E-state index in [1.165, 1.54) is 24.3 Å². The highest BCUT2D eigenvalue weighted by Crippen LogP contribution is 2.17. The maximum absolute atomic E-state index is 12.9. The SMILES string of the molecule is N#Cc1cc([N+](=O)[O-])cn(Cc2nc(-c3ccc(F)cc3)no2)c1=O. The lowest BCUT2D eigenvalue weighted by molar-refractivity contribution is -0.385. The predicted molar refractivity (Wildman–Crippen MR) is 80.9 cm³/mol. The maximum Gasteiger partial charge on any atom is 0.287 e. The van der Waals surface area contributed by atoms with Gasteiger partial charge in [0, 0.05) is 11.6 Å². The third kappa shape index (κ3) is 3.25. The van der Waals surface area contributed by atoms with Gasteiger partial charge in [0.05, 0.1) is 11.1 Å². The Labute approximate surface area is 138 Å². The number of hydrogen-bond acceptors (Lipinski definition) is 7. The minimum absolute atomic E-state index is 0.00538. The van der Waals surface area contributed by atoms with E-state index in [1.54, 1.807) is 6.07 Å². The molecule has 0 fully saturated rings. The minimum Gasteiger partial charge on any atom is -0.337 e. The number of nitriles is 1. The molecule has 0 bridgehead atoms. The van der Waals surface area contributed by atoms with Gasteiger partial charge >= 0.3 is 0 Å². The number of nitro groups is 1. The molecule has 0 aliphatic rings. The Bertz CT molecular complexity index is 1050. The van der Waals surface area contributed by atoms with Crippen LogP contribution in [0.15, 0.2) is 45.8 Å². The molecule has 0 atom stereocenters. The van der Waals surface area contributed by atoms with Crippen molar-refractivity contribution in [3.63, 3.8) is 0 Å². The first kappa shape index (κ1) is 16.0. The zero-order chi connectivity index (χ0) is 18.0. The van der Waals surface area contributed by atoms with Crippen molar-refractivity contribution in [1.82, 2.24) is 14.7 Å². The lowest BCUT2D eigenvalue weighted by atomic mass is 10.2. The number of rotatable bonds is 4. The van der Waals surface area contributed by atoms with E-state index in [9.17, 15) is 19.3 Å². The molecule has 0 saturated carbocycles. The number of halogens is 1. The summed E-state index contributed by atoms with van der Waals surface area (Å²) in [6, 6.07) is 7.89. The van der Waals surface area contributed by atoms with Gasteiger partial charge in [-0.05, 0) is 24.3 Å². The van der Waals surface area contributed by atoms with Crippen LogP contribution in [0.4, 0.5) is 10.1 Å². The lowest BCUT2D eigenvalue weighted by Gasteiger charge is -2.02. The molecule has 0 radical (unpaired) electrons. The predicted octanol–water partition coefficient (Wildman–Crippen LogP) is 1.87. The zero-order valence-corrected chi connectivity index (χ0v) is 12.4. The van der Waals surface area contributed by atoms with Crippen LogP contribution >= 0.6 is 0 Å². The quantitative estimate of drug-likeness (QED) is 0.523. The number of hydrogen-bond donors (Lipinski definition) is 0. The van der Waals surface area contributed by atoms with Crippen LogP contribution in [0.1, 0.15) is 11.5 Å². The minimum atomic E-state index is -0.714. The molecule has 0 aliphatic heterocycles. The highest BCUT2D eigenvalue weighted by Gasteiger charge is 2.16. The first-order chi connectivity index (χ1) is 12.0. The fraction of sp³-hybridized carbons (Fsp3) is 0.0667. The Morgan fingerprint density at radius 2 is 2.08 bits per heavy atom. The van der Waals surface area contributed by atoms with E-state index in [-0.39, 0.29) is 23.8 Å². The molecule has 3 rings (SSSR count). The van der Waals surface area contributed by atoms with E-state index < -0.39 is 22.0 Å². The van der Waals surface area contributed by atoms with Crippen LogP contribution in [0.5, 0.6) is 0 Å². The highest BCUT2D eigenvalue weighted by atomic mass is 19.1. The number of benzene rings is 1. The van der Waals surface area contributed by atoms with E-state index in [0.717, 1.165) is 16.8 Å². The molecule has 2 aromatic heterocycles. The Balaban J connectivity index is 1.94. The summed E-state index contributed by atoms with van der Waals surface area (Å²) < 4.78 is 18.9. The second kappa shape index (κ2) is 6.32. The highest BCUT2D eigenvalue weighted by molar-refractivity contribution is 5.53. The molecule has 25 heavy (non-hydrogen) atoms. The number of aromatic nitrogens is 3. The monoisotopic (exact) mass is 341 g/mol. The molecule has 0 saturated heterocycles. The smallest absolute Gasteiger partial charge is 0.287 e. The Morgan fingerprint density at radius 1 is 1.36 bits per heavy atom. The maximum atomic E-state index is 12.9. The average molecular weight is 341 g/mol. The van der Waals surface area contributed by atoms with E-state index in [2.05, 4.69) is 10.1 Å². The number of pyridine rings is 1. The van der Waals surface area contributed by atoms with Gasteiger partial charge in [0.25, 0.3) is 11.2 Å².